The van der Waals surface area contributed by atoms with E-state index in [2.05, 4.69) is 50.2 Å². The van der Waals surface area contributed by atoms with Crippen molar-refractivity contribution in [2.45, 2.75) is 25.4 Å². The van der Waals surface area contributed by atoms with Crippen molar-refractivity contribution in [3.63, 3.8) is 0 Å². The summed E-state index contributed by atoms with van der Waals surface area (Å²) in [7, 11) is 1.67. The van der Waals surface area contributed by atoms with Crippen LogP contribution < -0.4 is 5.32 Å². The maximum atomic E-state index is 9.03. The van der Waals surface area contributed by atoms with Gasteiger partial charge in [0.2, 0.25) is 0 Å². The summed E-state index contributed by atoms with van der Waals surface area (Å²) < 4.78 is 7.27. The molecule has 5 heteroatoms. The van der Waals surface area contributed by atoms with Crippen LogP contribution in [0.1, 0.15) is 24.9 Å². The third kappa shape index (κ3) is 4.97. The topological polar surface area (TPSA) is 41.5 Å². The van der Waals surface area contributed by atoms with E-state index in [0.29, 0.717) is 13.0 Å². The maximum absolute atomic E-state index is 9.03. The number of benzene rings is 1. The van der Waals surface area contributed by atoms with Gasteiger partial charge in [-0.15, -0.1) is 0 Å². The monoisotopic (exact) mass is 379 g/mol. The van der Waals surface area contributed by atoms with E-state index in [1.165, 1.54) is 5.56 Å². The number of aliphatic hydroxyl groups excluding tert-OH is 1. The molecule has 1 rings (SSSR count). The van der Waals surface area contributed by atoms with Crippen molar-refractivity contribution >= 4 is 31.9 Å². The molecule has 102 valence electrons. The molecule has 0 aliphatic carbocycles. The third-order valence-corrected chi connectivity index (χ3v) is 3.94. The number of aliphatic hydroxyl groups is 1. The first-order chi connectivity index (χ1) is 8.58. The smallest absolute Gasteiger partial charge is 0.0616 e. The van der Waals surface area contributed by atoms with Crippen LogP contribution in [0.5, 0.6) is 0 Å². The van der Waals surface area contributed by atoms with Crippen LogP contribution >= 0.6 is 31.9 Å². The van der Waals surface area contributed by atoms with Gasteiger partial charge in [0.15, 0.2) is 0 Å². The minimum absolute atomic E-state index is 0.158. The summed E-state index contributed by atoms with van der Waals surface area (Å²) in [5.41, 5.74) is 1.19. The summed E-state index contributed by atoms with van der Waals surface area (Å²) in [6.45, 7) is 2.86. The van der Waals surface area contributed by atoms with E-state index in [1.807, 2.05) is 12.1 Å². The number of hydrogen-bond acceptors (Lipinski definition) is 3. The third-order valence-electron chi connectivity index (χ3n) is 2.76. The summed E-state index contributed by atoms with van der Waals surface area (Å²) in [6.07, 6.45) is 0.687. The van der Waals surface area contributed by atoms with Crippen LogP contribution in [-0.2, 0) is 4.74 Å². The van der Waals surface area contributed by atoms with Gasteiger partial charge in [-0.3, -0.25) is 0 Å². The van der Waals surface area contributed by atoms with E-state index < -0.39 is 0 Å². The fourth-order valence-corrected chi connectivity index (χ4v) is 3.26. The van der Waals surface area contributed by atoms with Crippen LogP contribution in [0.4, 0.5) is 0 Å². The summed E-state index contributed by atoms with van der Waals surface area (Å²) >= 11 is 7.01. The van der Waals surface area contributed by atoms with Crippen LogP contribution in [-0.4, -0.2) is 31.5 Å². The van der Waals surface area contributed by atoms with Gasteiger partial charge in [-0.1, -0.05) is 37.9 Å². The summed E-state index contributed by atoms with van der Waals surface area (Å²) in [4.78, 5) is 0. The molecule has 0 saturated carbocycles. The predicted molar refractivity (Wildman–Crippen MR) is 80.8 cm³/mol. The minimum atomic E-state index is 0.158. The molecule has 0 radical (unpaired) electrons. The molecule has 0 aromatic heterocycles. The molecule has 0 amide bonds. The molecule has 0 saturated heterocycles. The van der Waals surface area contributed by atoms with Gasteiger partial charge in [-0.25, -0.2) is 0 Å². The molecule has 2 N–H and O–H groups in total. The van der Waals surface area contributed by atoms with Gasteiger partial charge < -0.3 is 15.2 Å². The highest BCUT2D eigenvalue weighted by Gasteiger charge is 2.15. The molecule has 0 bridgehead atoms. The first-order valence-electron chi connectivity index (χ1n) is 5.89. The van der Waals surface area contributed by atoms with Crippen molar-refractivity contribution in [1.29, 1.82) is 0 Å². The van der Waals surface area contributed by atoms with Crippen LogP contribution in [0, 0.1) is 0 Å². The van der Waals surface area contributed by atoms with Crippen molar-refractivity contribution < 1.29 is 9.84 Å². The zero-order chi connectivity index (χ0) is 13.5. The quantitative estimate of drug-likeness (QED) is 0.762. The van der Waals surface area contributed by atoms with Crippen molar-refractivity contribution in [2.75, 3.05) is 20.3 Å². The highest BCUT2D eigenvalue weighted by atomic mass is 79.9. The Hall–Kier alpha value is 0.0600. The maximum Gasteiger partial charge on any atom is 0.0616 e. The van der Waals surface area contributed by atoms with Crippen LogP contribution in [0.2, 0.25) is 0 Å². The lowest BCUT2D eigenvalue weighted by Crippen LogP contribution is -2.36. The summed E-state index contributed by atoms with van der Waals surface area (Å²) in [6, 6.07) is 6.49. The van der Waals surface area contributed by atoms with Gasteiger partial charge in [0, 0.05) is 34.7 Å². The molecule has 2 atom stereocenters. The number of nitrogens with one attached hydrogen (secondary N) is 1. The second-order valence-electron chi connectivity index (χ2n) is 4.22. The largest absolute Gasteiger partial charge is 0.396 e. The average molecular weight is 381 g/mol. The SMILES string of the molecule is COCC(CCO)NC(C)c1ccc(Br)cc1Br. The lowest BCUT2D eigenvalue weighted by Gasteiger charge is -2.23. The Morgan fingerprint density at radius 3 is 2.67 bits per heavy atom. The number of halogens is 2. The zero-order valence-electron chi connectivity index (χ0n) is 10.6. The van der Waals surface area contributed by atoms with E-state index in [1.54, 1.807) is 7.11 Å². The summed E-state index contributed by atoms with van der Waals surface area (Å²) in [5, 5.41) is 12.5. The number of rotatable bonds is 7. The second-order valence-corrected chi connectivity index (χ2v) is 5.99. The van der Waals surface area contributed by atoms with E-state index in [4.69, 9.17) is 9.84 Å². The van der Waals surface area contributed by atoms with Gasteiger partial charge >= 0.3 is 0 Å². The first-order valence-corrected chi connectivity index (χ1v) is 7.48. The predicted octanol–water partition coefficient (Wildman–Crippen LogP) is 3.26. The van der Waals surface area contributed by atoms with E-state index in [0.717, 1.165) is 8.95 Å². The van der Waals surface area contributed by atoms with Gasteiger partial charge in [0.25, 0.3) is 0 Å². The fourth-order valence-electron chi connectivity index (χ4n) is 1.87. The van der Waals surface area contributed by atoms with Crippen molar-refractivity contribution in [1.82, 2.24) is 5.32 Å². The van der Waals surface area contributed by atoms with Crippen LogP contribution in [0.3, 0.4) is 0 Å². The van der Waals surface area contributed by atoms with Crippen molar-refractivity contribution in [3.05, 3.63) is 32.7 Å². The Morgan fingerprint density at radius 1 is 1.39 bits per heavy atom. The van der Waals surface area contributed by atoms with Crippen molar-refractivity contribution in [2.24, 2.45) is 0 Å². The van der Waals surface area contributed by atoms with Gasteiger partial charge in [0.1, 0.15) is 0 Å². The Labute approximate surface area is 125 Å². The molecule has 18 heavy (non-hydrogen) atoms. The molecule has 0 spiro atoms. The molecule has 1 aromatic rings. The van der Waals surface area contributed by atoms with E-state index in [9.17, 15) is 0 Å². The van der Waals surface area contributed by atoms with E-state index in [-0.39, 0.29) is 18.7 Å². The Bertz CT molecular complexity index is 368. The normalized spacial score (nSPS) is 14.5. The minimum Gasteiger partial charge on any atom is -0.396 e. The lowest BCUT2D eigenvalue weighted by atomic mass is 10.1. The van der Waals surface area contributed by atoms with Gasteiger partial charge in [-0.2, -0.15) is 0 Å². The standard InChI is InChI=1S/C13H19Br2NO2/c1-9(16-11(5-6-17)8-18-2)12-4-3-10(14)7-13(12)15/h3-4,7,9,11,16-17H,5-6,8H2,1-2H3. The Morgan fingerprint density at radius 2 is 2.11 bits per heavy atom. The fraction of sp³-hybridized carbons (Fsp3) is 0.538. The Balaban J connectivity index is 2.70. The zero-order valence-corrected chi connectivity index (χ0v) is 13.8. The Kier molecular flexibility index (Phi) is 7.41. The van der Waals surface area contributed by atoms with E-state index >= 15 is 0 Å². The van der Waals surface area contributed by atoms with Crippen LogP contribution in [0.25, 0.3) is 0 Å². The van der Waals surface area contributed by atoms with Crippen LogP contribution in [0.15, 0.2) is 27.1 Å². The molecule has 3 nitrogen and oxygen atoms in total. The van der Waals surface area contributed by atoms with Gasteiger partial charge in [-0.05, 0) is 31.0 Å². The number of ether oxygens (including phenoxy) is 1. The van der Waals surface area contributed by atoms with Crippen molar-refractivity contribution in [3.8, 4) is 0 Å². The molecular weight excluding hydrogens is 362 g/mol. The van der Waals surface area contributed by atoms with Gasteiger partial charge in [0.05, 0.1) is 6.61 Å². The molecule has 0 aliphatic rings. The molecule has 0 aliphatic heterocycles. The molecular formula is C13H19Br2NO2. The highest BCUT2D eigenvalue weighted by molar-refractivity contribution is 9.11. The molecule has 0 fully saturated rings. The number of methoxy groups -OCH3 is 1. The highest BCUT2D eigenvalue weighted by Crippen LogP contribution is 2.27. The number of hydrogen-bond donors (Lipinski definition) is 2. The summed E-state index contributed by atoms with van der Waals surface area (Å²) in [5.74, 6) is 0. The molecule has 0 heterocycles. The molecule has 2 unspecified atom stereocenters. The second kappa shape index (κ2) is 8.27. The first kappa shape index (κ1) is 16.1. The average Bonchev–Trinajstić information content (AvgIpc) is 2.29. The molecule has 1 aromatic carbocycles. The lowest BCUT2D eigenvalue weighted by molar-refractivity contribution is 0.143.